The zero-order valence-electron chi connectivity index (χ0n) is 11.3. The Kier molecular flexibility index (Phi) is 4.53. The number of hydrogen-bond acceptors (Lipinski definition) is 3. The minimum absolute atomic E-state index is 0.221. The van der Waals surface area contributed by atoms with E-state index >= 15 is 0 Å². The average molecular weight is 252 g/mol. The molecule has 1 rings (SSSR count). The van der Waals surface area contributed by atoms with Gasteiger partial charge in [-0.1, -0.05) is 0 Å². The van der Waals surface area contributed by atoms with Gasteiger partial charge in [-0.3, -0.25) is 9.59 Å². The standard InChI is InChI=1S/C13H20N2O3/c1-5-15(13(2,3)4)12(17)11(16)14-9-10-7-6-8-18-10/h6-8H,5,9H2,1-4H3,(H,14,16). The minimum Gasteiger partial charge on any atom is -0.467 e. The number of likely N-dealkylation sites (N-methyl/N-ethyl adjacent to an activating group) is 1. The van der Waals surface area contributed by atoms with Crippen LogP contribution < -0.4 is 5.32 Å². The Labute approximate surface area is 107 Å². The molecule has 0 aliphatic rings. The van der Waals surface area contributed by atoms with E-state index in [2.05, 4.69) is 5.32 Å². The molecule has 5 heteroatoms. The average Bonchev–Trinajstić information content (AvgIpc) is 2.77. The molecular weight excluding hydrogens is 232 g/mol. The summed E-state index contributed by atoms with van der Waals surface area (Å²) in [6, 6.07) is 3.48. The van der Waals surface area contributed by atoms with Gasteiger partial charge in [0.2, 0.25) is 0 Å². The van der Waals surface area contributed by atoms with Crippen molar-refractivity contribution in [2.24, 2.45) is 0 Å². The molecule has 0 saturated carbocycles. The van der Waals surface area contributed by atoms with Gasteiger partial charge in [0.1, 0.15) is 5.76 Å². The first kappa shape index (κ1) is 14.3. The highest BCUT2D eigenvalue weighted by atomic mass is 16.3. The van der Waals surface area contributed by atoms with E-state index in [-0.39, 0.29) is 12.1 Å². The van der Waals surface area contributed by atoms with Gasteiger partial charge in [0.15, 0.2) is 0 Å². The van der Waals surface area contributed by atoms with E-state index in [0.29, 0.717) is 12.3 Å². The summed E-state index contributed by atoms with van der Waals surface area (Å²) in [6.45, 7) is 8.26. The van der Waals surface area contributed by atoms with Gasteiger partial charge in [-0.05, 0) is 39.8 Å². The van der Waals surface area contributed by atoms with Crippen LogP contribution in [0.3, 0.4) is 0 Å². The van der Waals surface area contributed by atoms with Crippen LogP contribution in [0, 0.1) is 0 Å². The van der Waals surface area contributed by atoms with Gasteiger partial charge >= 0.3 is 11.8 Å². The second-order valence-corrected chi connectivity index (χ2v) is 4.98. The van der Waals surface area contributed by atoms with E-state index in [1.165, 1.54) is 11.2 Å². The molecule has 0 aliphatic carbocycles. The van der Waals surface area contributed by atoms with Crippen molar-refractivity contribution in [3.8, 4) is 0 Å². The lowest BCUT2D eigenvalue weighted by atomic mass is 10.1. The normalized spacial score (nSPS) is 11.1. The van der Waals surface area contributed by atoms with Crippen LogP contribution in [0.15, 0.2) is 22.8 Å². The summed E-state index contributed by atoms with van der Waals surface area (Å²) in [5.74, 6) is -0.505. The third kappa shape index (κ3) is 3.61. The van der Waals surface area contributed by atoms with Crippen molar-refractivity contribution in [1.29, 1.82) is 0 Å². The second-order valence-electron chi connectivity index (χ2n) is 4.98. The summed E-state index contributed by atoms with van der Waals surface area (Å²) < 4.78 is 5.08. The molecule has 1 N–H and O–H groups in total. The maximum absolute atomic E-state index is 12.0. The van der Waals surface area contributed by atoms with Crippen molar-refractivity contribution >= 4 is 11.8 Å². The second kappa shape index (κ2) is 5.71. The minimum atomic E-state index is -0.608. The molecule has 0 aliphatic heterocycles. The Morgan fingerprint density at radius 1 is 1.39 bits per heavy atom. The van der Waals surface area contributed by atoms with Crippen molar-refractivity contribution in [2.45, 2.75) is 39.8 Å². The van der Waals surface area contributed by atoms with Gasteiger partial charge in [0, 0.05) is 12.1 Å². The number of carbonyl (C=O) groups excluding carboxylic acids is 2. The van der Waals surface area contributed by atoms with Gasteiger partial charge in [-0.25, -0.2) is 0 Å². The third-order valence-electron chi connectivity index (χ3n) is 2.57. The fourth-order valence-electron chi connectivity index (χ4n) is 1.70. The van der Waals surface area contributed by atoms with Crippen LogP contribution in [0.1, 0.15) is 33.5 Å². The number of furan rings is 1. The first-order valence-corrected chi connectivity index (χ1v) is 5.98. The lowest BCUT2D eigenvalue weighted by Gasteiger charge is -2.34. The Hall–Kier alpha value is -1.78. The Bertz CT molecular complexity index is 404. The predicted molar refractivity (Wildman–Crippen MR) is 67.7 cm³/mol. The summed E-state index contributed by atoms with van der Waals surface area (Å²) >= 11 is 0. The molecule has 5 nitrogen and oxygen atoms in total. The number of rotatable bonds is 3. The van der Waals surface area contributed by atoms with Crippen molar-refractivity contribution in [2.75, 3.05) is 6.54 Å². The van der Waals surface area contributed by atoms with Gasteiger partial charge in [0.25, 0.3) is 0 Å². The lowest BCUT2D eigenvalue weighted by Crippen LogP contribution is -2.51. The zero-order chi connectivity index (χ0) is 13.8. The molecule has 0 radical (unpaired) electrons. The van der Waals surface area contributed by atoms with Gasteiger partial charge in [-0.15, -0.1) is 0 Å². The highest BCUT2D eigenvalue weighted by Crippen LogP contribution is 2.12. The quantitative estimate of drug-likeness (QED) is 0.830. The molecule has 0 fully saturated rings. The number of nitrogens with zero attached hydrogens (tertiary/aromatic N) is 1. The van der Waals surface area contributed by atoms with Crippen molar-refractivity contribution in [3.63, 3.8) is 0 Å². The Balaban J connectivity index is 2.58. The van der Waals surface area contributed by atoms with Crippen LogP contribution >= 0.6 is 0 Å². The van der Waals surface area contributed by atoms with Crippen molar-refractivity contribution in [3.05, 3.63) is 24.2 Å². The van der Waals surface area contributed by atoms with Crippen LogP contribution in [-0.2, 0) is 16.1 Å². The number of carbonyl (C=O) groups is 2. The van der Waals surface area contributed by atoms with Gasteiger partial charge in [-0.2, -0.15) is 0 Å². The summed E-state index contributed by atoms with van der Waals surface area (Å²) in [5, 5.41) is 2.55. The third-order valence-corrected chi connectivity index (χ3v) is 2.57. The predicted octanol–water partition coefficient (Wildman–Crippen LogP) is 1.54. The molecule has 0 bridgehead atoms. The van der Waals surface area contributed by atoms with Crippen molar-refractivity contribution in [1.82, 2.24) is 10.2 Å². The van der Waals surface area contributed by atoms with E-state index in [1.807, 2.05) is 27.7 Å². The maximum atomic E-state index is 12.0. The molecule has 18 heavy (non-hydrogen) atoms. The SMILES string of the molecule is CCN(C(=O)C(=O)NCc1ccco1)C(C)(C)C. The molecule has 0 atom stereocenters. The molecule has 1 aromatic rings. The summed E-state index contributed by atoms with van der Waals surface area (Å²) in [6.07, 6.45) is 1.52. The molecular formula is C13H20N2O3. The first-order valence-electron chi connectivity index (χ1n) is 5.98. The molecule has 1 aromatic heterocycles. The molecule has 0 spiro atoms. The Morgan fingerprint density at radius 3 is 2.50 bits per heavy atom. The van der Waals surface area contributed by atoms with E-state index < -0.39 is 11.8 Å². The van der Waals surface area contributed by atoms with Gasteiger partial charge < -0.3 is 14.6 Å². The number of nitrogens with one attached hydrogen (secondary N) is 1. The number of amides is 2. The van der Waals surface area contributed by atoms with E-state index in [9.17, 15) is 9.59 Å². The van der Waals surface area contributed by atoms with E-state index in [1.54, 1.807) is 12.1 Å². The first-order chi connectivity index (χ1) is 8.36. The monoisotopic (exact) mass is 252 g/mol. The molecule has 100 valence electrons. The highest BCUT2D eigenvalue weighted by Gasteiger charge is 2.29. The van der Waals surface area contributed by atoms with Crippen molar-refractivity contribution < 1.29 is 14.0 Å². The van der Waals surface area contributed by atoms with Crippen LogP contribution in [0.5, 0.6) is 0 Å². The molecule has 2 amide bonds. The van der Waals surface area contributed by atoms with Crippen LogP contribution in [0.4, 0.5) is 0 Å². The van der Waals surface area contributed by atoms with Gasteiger partial charge in [0.05, 0.1) is 12.8 Å². The fourth-order valence-corrected chi connectivity index (χ4v) is 1.70. The summed E-state index contributed by atoms with van der Waals surface area (Å²) in [4.78, 5) is 25.2. The van der Waals surface area contributed by atoms with E-state index in [4.69, 9.17) is 4.42 Å². The van der Waals surface area contributed by atoms with Crippen LogP contribution in [0.25, 0.3) is 0 Å². The summed E-state index contributed by atoms with van der Waals surface area (Å²) in [5.41, 5.74) is -0.367. The fraction of sp³-hybridized carbons (Fsp3) is 0.538. The molecule has 0 saturated heterocycles. The lowest BCUT2D eigenvalue weighted by molar-refractivity contribution is -0.149. The number of hydrogen-bond donors (Lipinski definition) is 1. The summed E-state index contributed by atoms with van der Waals surface area (Å²) in [7, 11) is 0. The highest BCUT2D eigenvalue weighted by molar-refractivity contribution is 6.35. The smallest absolute Gasteiger partial charge is 0.312 e. The van der Waals surface area contributed by atoms with Crippen LogP contribution in [0.2, 0.25) is 0 Å². The Morgan fingerprint density at radius 2 is 2.06 bits per heavy atom. The maximum Gasteiger partial charge on any atom is 0.312 e. The van der Waals surface area contributed by atoms with Crippen LogP contribution in [-0.4, -0.2) is 28.8 Å². The molecule has 1 heterocycles. The topological polar surface area (TPSA) is 62.6 Å². The molecule has 0 unspecified atom stereocenters. The van der Waals surface area contributed by atoms with E-state index in [0.717, 1.165) is 0 Å². The zero-order valence-corrected chi connectivity index (χ0v) is 11.3. The molecule has 0 aromatic carbocycles. The largest absolute Gasteiger partial charge is 0.467 e.